The summed E-state index contributed by atoms with van der Waals surface area (Å²) in [6.07, 6.45) is 3.57. The van der Waals surface area contributed by atoms with Crippen molar-refractivity contribution in [1.29, 1.82) is 0 Å². The lowest BCUT2D eigenvalue weighted by Gasteiger charge is -2.34. The van der Waals surface area contributed by atoms with Gasteiger partial charge in [-0.15, -0.1) is 11.3 Å². The van der Waals surface area contributed by atoms with Crippen molar-refractivity contribution in [2.24, 2.45) is 0 Å². The summed E-state index contributed by atoms with van der Waals surface area (Å²) in [5.41, 5.74) is 1.53. The summed E-state index contributed by atoms with van der Waals surface area (Å²) in [7, 11) is 0. The maximum absolute atomic E-state index is 13.0. The van der Waals surface area contributed by atoms with E-state index >= 15 is 0 Å². The third-order valence-electron chi connectivity index (χ3n) is 4.51. The molecule has 0 radical (unpaired) electrons. The lowest BCUT2D eigenvalue weighted by Crippen LogP contribution is -2.46. The van der Waals surface area contributed by atoms with Crippen LogP contribution in [0.5, 0.6) is 0 Å². The average molecular weight is 361 g/mol. The molecule has 0 aliphatic carbocycles. The Morgan fingerprint density at radius 2 is 2.04 bits per heavy atom. The number of benzene rings is 1. The van der Waals surface area contributed by atoms with E-state index in [-0.39, 0.29) is 11.7 Å². The Hall–Kier alpha value is -1.79. The van der Waals surface area contributed by atoms with Crippen molar-refractivity contribution in [3.8, 4) is 0 Å². The average Bonchev–Trinajstić information content (AvgIpc) is 3.10. The molecule has 2 aromatic rings. The van der Waals surface area contributed by atoms with Crippen molar-refractivity contribution in [3.63, 3.8) is 0 Å². The first kappa shape index (κ1) is 18.0. The molecular weight excluding hydrogens is 337 g/mol. The summed E-state index contributed by atoms with van der Waals surface area (Å²) in [6, 6.07) is 6.73. The third kappa shape index (κ3) is 4.64. The molecule has 1 fully saturated rings. The predicted octanol–water partition coefficient (Wildman–Crippen LogP) is 3.48. The maximum atomic E-state index is 13.0. The molecule has 4 nitrogen and oxygen atoms in total. The Bertz CT molecular complexity index is 695. The van der Waals surface area contributed by atoms with Crippen molar-refractivity contribution in [1.82, 2.24) is 15.2 Å². The minimum absolute atomic E-state index is 0.0374. The van der Waals surface area contributed by atoms with Gasteiger partial charge in [0, 0.05) is 24.4 Å². The zero-order valence-electron chi connectivity index (χ0n) is 14.5. The van der Waals surface area contributed by atoms with Crippen molar-refractivity contribution >= 4 is 17.2 Å². The fourth-order valence-electron chi connectivity index (χ4n) is 3.22. The molecule has 3 rings (SSSR count). The van der Waals surface area contributed by atoms with E-state index in [0.29, 0.717) is 18.2 Å². The van der Waals surface area contributed by atoms with Gasteiger partial charge >= 0.3 is 0 Å². The largest absolute Gasteiger partial charge is 0.334 e. The fraction of sp³-hybridized carbons (Fsp3) is 0.474. The number of aromatic nitrogens is 1. The van der Waals surface area contributed by atoms with Gasteiger partial charge in [0.05, 0.1) is 5.01 Å². The number of nitrogens with zero attached hydrogens (tertiary/aromatic N) is 2. The second-order valence-corrected chi connectivity index (χ2v) is 7.35. The van der Waals surface area contributed by atoms with Gasteiger partial charge in [0.25, 0.3) is 5.91 Å². The van der Waals surface area contributed by atoms with E-state index in [1.165, 1.54) is 23.5 Å². The second-order valence-electron chi connectivity index (χ2n) is 6.41. The molecule has 1 saturated heterocycles. The Morgan fingerprint density at radius 3 is 2.72 bits per heavy atom. The molecule has 2 heterocycles. The number of nitrogens with one attached hydrogen (secondary N) is 1. The van der Waals surface area contributed by atoms with Crippen molar-refractivity contribution < 1.29 is 9.18 Å². The highest BCUT2D eigenvalue weighted by molar-refractivity contribution is 7.09. The molecule has 1 aromatic carbocycles. The number of rotatable bonds is 6. The number of hydrogen-bond donors (Lipinski definition) is 1. The Labute approximate surface area is 152 Å². The smallest absolute Gasteiger partial charge is 0.273 e. The molecule has 25 heavy (non-hydrogen) atoms. The third-order valence-corrected chi connectivity index (χ3v) is 5.36. The van der Waals surface area contributed by atoms with E-state index in [9.17, 15) is 9.18 Å². The molecule has 1 aliphatic heterocycles. The molecule has 1 aromatic heterocycles. The van der Waals surface area contributed by atoms with Crippen LogP contribution in [-0.4, -0.2) is 41.5 Å². The van der Waals surface area contributed by atoms with E-state index in [4.69, 9.17) is 0 Å². The monoisotopic (exact) mass is 361 g/mol. The van der Waals surface area contributed by atoms with Gasteiger partial charge < -0.3 is 10.2 Å². The SMILES string of the molecule is CCCN(C(=O)c1csc(Cc2ccc(F)cc2)n1)C1CCNCC1. The van der Waals surface area contributed by atoms with Gasteiger partial charge in [0.2, 0.25) is 0 Å². The van der Waals surface area contributed by atoms with Gasteiger partial charge in [-0.3, -0.25) is 4.79 Å². The quantitative estimate of drug-likeness (QED) is 0.857. The van der Waals surface area contributed by atoms with Crippen LogP contribution in [0.4, 0.5) is 4.39 Å². The standard InChI is InChI=1S/C19H24FN3OS/c1-2-11-23(16-7-9-21-10-8-16)19(24)17-13-25-18(22-17)12-14-3-5-15(20)6-4-14/h3-6,13,16,21H,2,7-12H2,1H3. The van der Waals surface area contributed by atoms with Crippen LogP contribution in [0.1, 0.15) is 47.2 Å². The zero-order chi connectivity index (χ0) is 17.6. The molecule has 1 aliphatic rings. The molecule has 0 atom stereocenters. The van der Waals surface area contributed by atoms with Crippen LogP contribution in [0.3, 0.4) is 0 Å². The number of amides is 1. The van der Waals surface area contributed by atoms with Crippen LogP contribution in [0, 0.1) is 5.82 Å². The first-order valence-corrected chi connectivity index (χ1v) is 9.76. The minimum Gasteiger partial charge on any atom is -0.334 e. The van der Waals surface area contributed by atoms with Crippen LogP contribution in [0.25, 0.3) is 0 Å². The van der Waals surface area contributed by atoms with Gasteiger partial charge in [-0.05, 0) is 50.0 Å². The summed E-state index contributed by atoms with van der Waals surface area (Å²) in [4.78, 5) is 19.5. The lowest BCUT2D eigenvalue weighted by molar-refractivity contribution is 0.0637. The second kappa shape index (κ2) is 8.54. The van der Waals surface area contributed by atoms with Crippen LogP contribution in [-0.2, 0) is 6.42 Å². The topological polar surface area (TPSA) is 45.2 Å². The molecular formula is C19H24FN3OS. The summed E-state index contributed by atoms with van der Waals surface area (Å²) in [5, 5.41) is 6.09. The van der Waals surface area contributed by atoms with Gasteiger partial charge in [-0.1, -0.05) is 19.1 Å². The number of thiazole rings is 1. The maximum Gasteiger partial charge on any atom is 0.273 e. The van der Waals surface area contributed by atoms with Gasteiger partial charge in [0.15, 0.2) is 0 Å². The fourth-order valence-corrected chi connectivity index (χ4v) is 4.03. The molecule has 0 bridgehead atoms. The Balaban J connectivity index is 1.70. The van der Waals surface area contributed by atoms with Crippen molar-refractivity contribution in [3.05, 3.63) is 51.7 Å². The Kier molecular flexibility index (Phi) is 6.15. The summed E-state index contributed by atoms with van der Waals surface area (Å²) >= 11 is 1.49. The summed E-state index contributed by atoms with van der Waals surface area (Å²) < 4.78 is 13.0. The molecule has 1 N–H and O–H groups in total. The summed E-state index contributed by atoms with van der Waals surface area (Å²) in [6.45, 7) is 4.80. The van der Waals surface area contributed by atoms with Gasteiger partial charge in [-0.25, -0.2) is 9.37 Å². The zero-order valence-corrected chi connectivity index (χ0v) is 15.3. The van der Waals surface area contributed by atoms with E-state index in [1.54, 1.807) is 12.1 Å². The number of piperidine rings is 1. The highest BCUT2D eigenvalue weighted by Crippen LogP contribution is 2.20. The number of hydrogen-bond acceptors (Lipinski definition) is 4. The van der Waals surface area contributed by atoms with Crippen molar-refractivity contribution in [2.45, 2.75) is 38.6 Å². The van der Waals surface area contributed by atoms with Crippen LogP contribution < -0.4 is 5.32 Å². The number of halogens is 1. The normalized spacial score (nSPS) is 15.3. The number of carbonyl (C=O) groups excluding carboxylic acids is 1. The van der Waals surface area contributed by atoms with E-state index in [1.807, 2.05) is 10.3 Å². The highest BCUT2D eigenvalue weighted by Gasteiger charge is 2.26. The molecule has 1 amide bonds. The van der Waals surface area contributed by atoms with Crippen LogP contribution in [0.15, 0.2) is 29.6 Å². The van der Waals surface area contributed by atoms with Gasteiger partial charge in [0.1, 0.15) is 11.5 Å². The molecule has 0 unspecified atom stereocenters. The molecule has 0 saturated carbocycles. The van der Waals surface area contributed by atoms with E-state index in [0.717, 1.165) is 49.5 Å². The van der Waals surface area contributed by atoms with E-state index < -0.39 is 0 Å². The molecule has 6 heteroatoms. The van der Waals surface area contributed by atoms with Gasteiger partial charge in [-0.2, -0.15) is 0 Å². The van der Waals surface area contributed by atoms with Crippen LogP contribution >= 0.6 is 11.3 Å². The first-order chi connectivity index (χ1) is 12.2. The van der Waals surface area contributed by atoms with Crippen molar-refractivity contribution in [2.75, 3.05) is 19.6 Å². The number of carbonyl (C=O) groups is 1. The highest BCUT2D eigenvalue weighted by atomic mass is 32.1. The summed E-state index contributed by atoms with van der Waals surface area (Å²) in [5.74, 6) is -0.203. The minimum atomic E-state index is -0.240. The lowest BCUT2D eigenvalue weighted by atomic mass is 10.0. The molecule has 134 valence electrons. The predicted molar refractivity (Wildman–Crippen MR) is 98.5 cm³/mol. The first-order valence-electron chi connectivity index (χ1n) is 8.88. The van der Waals surface area contributed by atoms with E-state index in [2.05, 4.69) is 17.2 Å². The Morgan fingerprint density at radius 1 is 1.32 bits per heavy atom. The molecule has 0 spiro atoms. The van der Waals surface area contributed by atoms with Crippen LogP contribution in [0.2, 0.25) is 0 Å².